The molecule has 0 saturated carbocycles. The van der Waals surface area contributed by atoms with E-state index in [9.17, 15) is 4.79 Å². The SMILES string of the molecule is Cc1cc(C)cc(CCC[C@H](C)C(=O)NC2C=CC=CC2)c1. The Bertz CT molecular complexity index is 551. The summed E-state index contributed by atoms with van der Waals surface area (Å²) in [4.78, 5) is 12.2. The number of hydrogen-bond donors (Lipinski definition) is 1. The van der Waals surface area contributed by atoms with Crippen molar-refractivity contribution in [2.45, 2.75) is 52.5 Å². The maximum absolute atomic E-state index is 12.2. The van der Waals surface area contributed by atoms with Crippen molar-refractivity contribution < 1.29 is 4.79 Å². The van der Waals surface area contributed by atoms with E-state index in [1.54, 1.807) is 0 Å². The van der Waals surface area contributed by atoms with Gasteiger partial charge in [0.2, 0.25) is 5.91 Å². The molecule has 0 aliphatic heterocycles. The average Bonchev–Trinajstić information content (AvgIpc) is 2.47. The van der Waals surface area contributed by atoms with Gasteiger partial charge < -0.3 is 5.32 Å². The van der Waals surface area contributed by atoms with Crippen LogP contribution in [0, 0.1) is 19.8 Å². The Morgan fingerprint density at radius 3 is 2.59 bits per heavy atom. The monoisotopic (exact) mass is 297 g/mol. The third-order valence-electron chi connectivity index (χ3n) is 4.14. The first-order valence-electron chi connectivity index (χ1n) is 8.25. The second-order valence-corrected chi connectivity index (χ2v) is 6.45. The molecule has 1 aromatic carbocycles. The van der Waals surface area contributed by atoms with Gasteiger partial charge in [0.15, 0.2) is 0 Å². The molecule has 1 aliphatic carbocycles. The normalized spacial score (nSPS) is 18.2. The molecule has 2 nitrogen and oxygen atoms in total. The molecule has 0 radical (unpaired) electrons. The standard InChI is InChI=1S/C20H27NO/c1-15-12-16(2)14-18(13-15)9-7-8-17(3)20(22)21-19-10-5-4-6-11-19/h4-6,10,12-14,17,19H,7-9,11H2,1-3H3,(H,21,22)/t17-,19?/m0/s1. The molecule has 2 atom stereocenters. The number of rotatable bonds is 6. The lowest BCUT2D eigenvalue weighted by Gasteiger charge is -2.18. The third-order valence-corrected chi connectivity index (χ3v) is 4.14. The van der Waals surface area contributed by atoms with Gasteiger partial charge in [0.1, 0.15) is 0 Å². The van der Waals surface area contributed by atoms with E-state index in [2.05, 4.69) is 49.5 Å². The van der Waals surface area contributed by atoms with E-state index in [4.69, 9.17) is 0 Å². The highest BCUT2D eigenvalue weighted by Crippen LogP contribution is 2.15. The zero-order valence-electron chi connectivity index (χ0n) is 13.9. The van der Waals surface area contributed by atoms with Gasteiger partial charge in [0.05, 0.1) is 6.04 Å². The minimum atomic E-state index is 0.0743. The first kappa shape index (κ1) is 16.5. The summed E-state index contributed by atoms with van der Waals surface area (Å²) >= 11 is 0. The van der Waals surface area contributed by atoms with E-state index in [1.165, 1.54) is 16.7 Å². The summed E-state index contributed by atoms with van der Waals surface area (Å²) in [5.41, 5.74) is 4.02. The van der Waals surface area contributed by atoms with Gasteiger partial charge in [-0.2, -0.15) is 0 Å². The van der Waals surface area contributed by atoms with Gasteiger partial charge in [-0.15, -0.1) is 0 Å². The van der Waals surface area contributed by atoms with Crippen LogP contribution in [0.3, 0.4) is 0 Å². The molecule has 1 aromatic rings. The second kappa shape index (κ2) is 7.98. The number of benzene rings is 1. The fourth-order valence-electron chi connectivity index (χ4n) is 2.97. The first-order valence-corrected chi connectivity index (χ1v) is 8.25. The summed E-state index contributed by atoms with van der Waals surface area (Å²) in [5, 5.41) is 3.11. The Hall–Kier alpha value is -1.83. The summed E-state index contributed by atoms with van der Waals surface area (Å²) in [6, 6.07) is 6.86. The van der Waals surface area contributed by atoms with Crippen LogP contribution in [0.5, 0.6) is 0 Å². The molecule has 0 spiro atoms. The highest BCUT2D eigenvalue weighted by atomic mass is 16.1. The Labute approximate surface area is 134 Å². The van der Waals surface area contributed by atoms with E-state index in [1.807, 2.05) is 19.1 Å². The van der Waals surface area contributed by atoms with Crippen LogP contribution in [0.15, 0.2) is 42.5 Å². The van der Waals surface area contributed by atoms with Gasteiger partial charge in [0.25, 0.3) is 0 Å². The predicted octanol–water partition coefficient (Wildman–Crippen LogP) is 4.26. The summed E-state index contributed by atoms with van der Waals surface area (Å²) in [6.45, 7) is 6.30. The van der Waals surface area contributed by atoms with Crippen molar-refractivity contribution in [3.05, 3.63) is 59.2 Å². The van der Waals surface area contributed by atoms with Crippen LogP contribution in [-0.2, 0) is 11.2 Å². The van der Waals surface area contributed by atoms with Crippen molar-refractivity contribution in [2.75, 3.05) is 0 Å². The maximum atomic E-state index is 12.2. The largest absolute Gasteiger partial charge is 0.349 e. The van der Waals surface area contributed by atoms with Crippen molar-refractivity contribution >= 4 is 5.91 Å². The molecule has 0 saturated heterocycles. The molecule has 1 aliphatic rings. The lowest BCUT2D eigenvalue weighted by Crippen LogP contribution is -2.37. The topological polar surface area (TPSA) is 29.1 Å². The average molecular weight is 297 g/mol. The van der Waals surface area contributed by atoms with Crippen LogP contribution in [0.2, 0.25) is 0 Å². The fraction of sp³-hybridized carbons (Fsp3) is 0.450. The Kier molecular flexibility index (Phi) is 6.00. The zero-order chi connectivity index (χ0) is 15.9. The van der Waals surface area contributed by atoms with Gasteiger partial charge >= 0.3 is 0 Å². The predicted molar refractivity (Wildman–Crippen MR) is 92.8 cm³/mol. The van der Waals surface area contributed by atoms with Crippen LogP contribution in [0.1, 0.15) is 42.9 Å². The summed E-state index contributed by atoms with van der Waals surface area (Å²) in [7, 11) is 0. The molecular formula is C20H27NO. The molecule has 0 bridgehead atoms. The van der Waals surface area contributed by atoms with E-state index in [0.29, 0.717) is 0 Å². The second-order valence-electron chi connectivity index (χ2n) is 6.45. The summed E-state index contributed by atoms with van der Waals surface area (Å²) in [6.07, 6.45) is 12.1. The minimum Gasteiger partial charge on any atom is -0.349 e. The molecule has 0 aromatic heterocycles. The van der Waals surface area contributed by atoms with E-state index in [0.717, 1.165) is 25.7 Å². The van der Waals surface area contributed by atoms with Gasteiger partial charge in [-0.25, -0.2) is 0 Å². The minimum absolute atomic E-state index is 0.0743. The highest BCUT2D eigenvalue weighted by molar-refractivity contribution is 5.78. The third kappa shape index (κ3) is 5.18. The van der Waals surface area contributed by atoms with E-state index in [-0.39, 0.29) is 17.9 Å². The molecule has 1 N–H and O–H groups in total. The van der Waals surface area contributed by atoms with Gasteiger partial charge in [-0.3, -0.25) is 4.79 Å². The van der Waals surface area contributed by atoms with Crippen molar-refractivity contribution in [2.24, 2.45) is 5.92 Å². The molecule has 22 heavy (non-hydrogen) atoms. The Morgan fingerprint density at radius 1 is 1.23 bits per heavy atom. The van der Waals surface area contributed by atoms with Crippen molar-refractivity contribution in [1.82, 2.24) is 5.32 Å². The van der Waals surface area contributed by atoms with Crippen molar-refractivity contribution in [1.29, 1.82) is 0 Å². The van der Waals surface area contributed by atoms with Gasteiger partial charge in [-0.05, 0) is 45.1 Å². The fourth-order valence-corrected chi connectivity index (χ4v) is 2.97. The number of allylic oxidation sites excluding steroid dienone is 2. The molecule has 1 amide bonds. The molecular weight excluding hydrogens is 270 g/mol. The lowest BCUT2D eigenvalue weighted by molar-refractivity contribution is -0.125. The van der Waals surface area contributed by atoms with Crippen LogP contribution in [-0.4, -0.2) is 11.9 Å². The summed E-state index contributed by atoms with van der Waals surface area (Å²) in [5.74, 6) is 0.246. The highest BCUT2D eigenvalue weighted by Gasteiger charge is 2.16. The first-order chi connectivity index (χ1) is 10.5. The van der Waals surface area contributed by atoms with Crippen LogP contribution in [0.4, 0.5) is 0 Å². The number of aryl methyl sites for hydroxylation is 3. The number of hydrogen-bond acceptors (Lipinski definition) is 1. The molecule has 0 heterocycles. The van der Waals surface area contributed by atoms with Gasteiger partial charge in [0, 0.05) is 5.92 Å². The number of carbonyl (C=O) groups is 1. The molecule has 1 unspecified atom stereocenters. The van der Waals surface area contributed by atoms with Gasteiger partial charge in [-0.1, -0.05) is 60.6 Å². The number of carbonyl (C=O) groups excluding carboxylic acids is 1. The summed E-state index contributed by atoms with van der Waals surface area (Å²) < 4.78 is 0. The van der Waals surface area contributed by atoms with Crippen LogP contribution >= 0.6 is 0 Å². The quantitative estimate of drug-likeness (QED) is 0.835. The van der Waals surface area contributed by atoms with Crippen molar-refractivity contribution in [3.63, 3.8) is 0 Å². The Balaban J connectivity index is 1.74. The molecule has 118 valence electrons. The zero-order valence-corrected chi connectivity index (χ0v) is 13.9. The smallest absolute Gasteiger partial charge is 0.223 e. The van der Waals surface area contributed by atoms with E-state index >= 15 is 0 Å². The lowest BCUT2D eigenvalue weighted by atomic mass is 9.98. The van der Waals surface area contributed by atoms with Crippen LogP contribution in [0.25, 0.3) is 0 Å². The van der Waals surface area contributed by atoms with Crippen LogP contribution < -0.4 is 5.32 Å². The van der Waals surface area contributed by atoms with Crippen molar-refractivity contribution in [3.8, 4) is 0 Å². The molecule has 2 rings (SSSR count). The van der Waals surface area contributed by atoms with E-state index < -0.39 is 0 Å². The Morgan fingerprint density at radius 2 is 1.95 bits per heavy atom. The molecule has 0 fully saturated rings. The maximum Gasteiger partial charge on any atom is 0.223 e. The number of nitrogens with one attached hydrogen (secondary N) is 1. The number of amides is 1. The molecule has 2 heteroatoms.